The van der Waals surface area contributed by atoms with Gasteiger partial charge in [0.05, 0.1) is 4.90 Å². The van der Waals surface area contributed by atoms with Crippen molar-refractivity contribution in [2.75, 3.05) is 0 Å². The molecule has 3 nitrogen and oxygen atoms in total. The Morgan fingerprint density at radius 2 is 1.79 bits per heavy atom. The van der Waals surface area contributed by atoms with Gasteiger partial charge in [-0.25, -0.2) is 8.42 Å². The molecule has 1 aromatic carbocycles. The molecule has 0 amide bonds. The van der Waals surface area contributed by atoms with Crippen molar-refractivity contribution in [3.8, 4) is 0 Å². The average Bonchev–Trinajstić information content (AvgIpc) is 2.19. The summed E-state index contributed by atoms with van der Waals surface area (Å²) in [7, 11) is -3.79. The van der Waals surface area contributed by atoms with Gasteiger partial charge in [0, 0.05) is 0 Å². The van der Waals surface area contributed by atoms with Crippen molar-refractivity contribution in [1.82, 2.24) is 0 Å². The van der Waals surface area contributed by atoms with Gasteiger partial charge in [0.2, 0.25) is 14.0 Å². The van der Waals surface area contributed by atoms with Gasteiger partial charge in [0.1, 0.15) is 0 Å². The maximum atomic E-state index is 11.7. The summed E-state index contributed by atoms with van der Waals surface area (Å²) in [4.78, 5) is 10.6. The van der Waals surface area contributed by atoms with Crippen LogP contribution in [-0.4, -0.2) is 18.9 Å². The smallest absolute Gasteiger partial charge is 0.204 e. The second-order valence-electron chi connectivity index (χ2n) is 2.92. The number of rotatable bonds is 3. The van der Waals surface area contributed by atoms with E-state index in [0.29, 0.717) is 0 Å². The molecule has 0 saturated heterocycles. The minimum Gasteiger partial charge on any atom is -0.300 e. The molecule has 76 valence electrons. The number of carbonyl (C=O) groups excluding carboxylic acids is 1. The highest BCUT2D eigenvalue weighted by Gasteiger charge is 2.38. The van der Waals surface area contributed by atoms with Crippen LogP contribution in [-0.2, 0) is 14.6 Å². The fraction of sp³-hybridized carbons (Fsp3) is 0.222. The van der Waals surface area contributed by atoms with Crippen LogP contribution < -0.4 is 0 Å². The van der Waals surface area contributed by atoms with Crippen LogP contribution in [0.2, 0.25) is 0 Å². The second kappa shape index (κ2) is 3.71. The van der Waals surface area contributed by atoms with Gasteiger partial charge in [0.15, 0.2) is 6.29 Å². The average molecular weight is 233 g/mol. The molecule has 0 radical (unpaired) electrons. The highest BCUT2D eigenvalue weighted by molar-refractivity contribution is 7.94. The van der Waals surface area contributed by atoms with Crippen molar-refractivity contribution in [3.05, 3.63) is 30.3 Å². The van der Waals surface area contributed by atoms with E-state index >= 15 is 0 Å². The largest absolute Gasteiger partial charge is 0.300 e. The zero-order valence-electron chi connectivity index (χ0n) is 7.48. The van der Waals surface area contributed by atoms with E-state index in [4.69, 9.17) is 11.6 Å². The Morgan fingerprint density at radius 3 is 2.21 bits per heavy atom. The molecule has 1 aromatic rings. The van der Waals surface area contributed by atoms with Gasteiger partial charge < -0.3 is 4.79 Å². The predicted octanol–water partition coefficient (Wildman–Crippen LogP) is 1.61. The summed E-state index contributed by atoms with van der Waals surface area (Å²) in [5.74, 6) is 0. The fourth-order valence-electron chi connectivity index (χ4n) is 0.893. The van der Waals surface area contributed by atoms with Gasteiger partial charge in [-0.15, -0.1) is 0 Å². The maximum Gasteiger partial charge on any atom is 0.204 e. The van der Waals surface area contributed by atoms with Crippen LogP contribution in [0.4, 0.5) is 0 Å². The third-order valence-corrected chi connectivity index (χ3v) is 4.53. The van der Waals surface area contributed by atoms with Crippen molar-refractivity contribution in [2.45, 2.75) is 16.0 Å². The van der Waals surface area contributed by atoms with Crippen LogP contribution in [0.25, 0.3) is 0 Å². The van der Waals surface area contributed by atoms with Crippen molar-refractivity contribution in [2.24, 2.45) is 0 Å². The molecule has 5 heteroatoms. The van der Waals surface area contributed by atoms with Crippen molar-refractivity contribution in [3.63, 3.8) is 0 Å². The highest BCUT2D eigenvalue weighted by atomic mass is 35.5. The molecule has 0 fully saturated rings. The van der Waals surface area contributed by atoms with E-state index in [1.54, 1.807) is 18.2 Å². The van der Waals surface area contributed by atoms with E-state index in [9.17, 15) is 13.2 Å². The first-order chi connectivity index (χ1) is 6.42. The van der Waals surface area contributed by atoms with Crippen LogP contribution in [0.5, 0.6) is 0 Å². The molecular weight excluding hydrogens is 224 g/mol. The maximum absolute atomic E-state index is 11.7. The molecule has 0 aliphatic rings. The van der Waals surface area contributed by atoms with Gasteiger partial charge in [-0.1, -0.05) is 29.8 Å². The lowest BCUT2D eigenvalue weighted by atomic mass is 10.4. The Kier molecular flexibility index (Phi) is 2.97. The Morgan fingerprint density at radius 1 is 1.29 bits per heavy atom. The number of sulfone groups is 1. The minimum absolute atomic E-state index is 0.0459. The molecule has 1 unspecified atom stereocenters. The zero-order chi connectivity index (χ0) is 10.8. The monoisotopic (exact) mass is 232 g/mol. The number of halogens is 1. The van der Waals surface area contributed by atoms with Gasteiger partial charge in [-0.05, 0) is 19.1 Å². The Labute approximate surface area is 87.6 Å². The van der Waals surface area contributed by atoms with Gasteiger partial charge in [-0.2, -0.15) is 0 Å². The van der Waals surface area contributed by atoms with E-state index in [-0.39, 0.29) is 11.2 Å². The zero-order valence-corrected chi connectivity index (χ0v) is 9.05. The molecule has 0 N–H and O–H groups in total. The molecule has 0 bridgehead atoms. The van der Waals surface area contributed by atoms with E-state index in [0.717, 1.165) is 6.92 Å². The summed E-state index contributed by atoms with van der Waals surface area (Å²) < 4.78 is 21.5. The number of hydrogen-bond donors (Lipinski definition) is 0. The summed E-state index contributed by atoms with van der Waals surface area (Å²) in [6.07, 6.45) is 0.219. The molecule has 14 heavy (non-hydrogen) atoms. The molecule has 0 spiro atoms. The number of aldehydes is 1. The predicted molar refractivity (Wildman–Crippen MR) is 53.9 cm³/mol. The molecule has 1 rings (SSSR count). The minimum atomic E-state index is -3.79. The summed E-state index contributed by atoms with van der Waals surface area (Å²) in [5.41, 5.74) is 0. The molecule has 0 aliphatic heterocycles. The van der Waals surface area contributed by atoms with Gasteiger partial charge in [-0.3, -0.25) is 0 Å². The molecule has 0 heterocycles. The Balaban J connectivity index is 3.30. The first-order valence-electron chi connectivity index (χ1n) is 3.87. The Bertz CT molecular complexity index is 423. The molecule has 0 aromatic heterocycles. The van der Waals surface area contributed by atoms with Crippen molar-refractivity contribution >= 4 is 27.7 Å². The van der Waals surface area contributed by atoms with Crippen LogP contribution in [0.3, 0.4) is 0 Å². The van der Waals surface area contributed by atoms with Crippen LogP contribution in [0.15, 0.2) is 35.2 Å². The van der Waals surface area contributed by atoms with Crippen LogP contribution in [0, 0.1) is 0 Å². The quantitative estimate of drug-likeness (QED) is 0.588. The molecular formula is C9H9ClO3S. The Hall–Kier alpha value is -0.870. The molecule has 0 aliphatic carbocycles. The normalized spacial score (nSPS) is 15.9. The molecule has 0 saturated carbocycles. The standard InChI is InChI=1S/C9H9ClO3S/c1-9(10,7-11)14(12,13)8-5-3-2-4-6-8/h2-7H,1H3. The lowest BCUT2D eigenvalue weighted by molar-refractivity contribution is -0.108. The summed E-state index contributed by atoms with van der Waals surface area (Å²) >= 11 is 5.59. The molecule has 1 atom stereocenters. The lowest BCUT2D eigenvalue weighted by Gasteiger charge is -2.14. The van der Waals surface area contributed by atoms with E-state index in [1.165, 1.54) is 12.1 Å². The van der Waals surface area contributed by atoms with Gasteiger partial charge >= 0.3 is 0 Å². The topological polar surface area (TPSA) is 51.2 Å². The summed E-state index contributed by atoms with van der Waals surface area (Å²) in [6, 6.07) is 7.64. The van der Waals surface area contributed by atoms with Gasteiger partial charge in [0.25, 0.3) is 0 Å². The lowest BCUT2D eigenvalue weighted by Crippen LogP contribution is -2.30. The first-order valence-corrected chi connectivity index (χ1v) is 5.73. The van der Waals surface area contributed by atoms with Crippen molar-refractivity contribution in [1.29, 1.82) is 0 Å². The SMILES string of the molecule is CC(Cl)(C=O)S(=O)(=O)c1ccccc1. The number of benzene rings is 1. The van der Waals surface area contributed by atoms with Crippen molar-refractivity contribution < 1.29 is 13.2 Å². The third kappa shape index (κ3) is 1.81. The number of alkyl halides is 1. The van der Waals surface area contributed by atoms with Crippen LogP contribution in [0.1, 0.15) is 6.92 Å². The fourth-order valence-corrected chi connectivity index (χ4v) is 2.26. The summed E-state index contributed by atoms with van der Waals surface area (Å²) in [6.45, 7) is 1.16. The van der Waals surface area contributed by atoms with E-state index in [2.05, 4.69) is 0 Å². The first kappa shape index (κ1) is 11.2. The third-order valence-electron chi connectivity index (χ3n) is 1.79. The highest BCUT2D eigenvalue weighted by Crippen LogP contribution is 2.27. The van der Waals surface area contributed by atoms with E-state index < -0.39 is 14.0 Å². The summed E-state index contributed by atoms with van der Waals surface area (Å²) in [5, 5.41) is 0. The second-order valence-corrected chi connectivity index (χ2v) is 6.26. The van der Waals surface area contributed by atoms with Crippen LogP contribution >= 0.6 is 11.6 Å². The number of carbonyl (C=O) groups is 1. The number of hydrogen-bond acceptors (Lipinski definition) is 3. The van der Waals surface area contributed by atoms with E-state index in [1.807, 2.05) is 0 Å².